The summed E-state index contributed by atoms with van der Waals surface area (Å²) in [4.78, 5) is 11.2. The molecule has 0 fully saturated rings. The fourth-order valence-electron chi connectivity index (χ4n) is 1.48. The molecule has 9 heteroatoms. The first-order valence-corrected chi connectivity index (χ1v) is 5.23. The van der Waals surface area contributed by atoms with Crippen molar-refractivity contribution in [2.75, 3.05) is 11.1 Å². The maximum Gasteiger partial charge on any atom is 0.409 e. The summed E-state index contributed by atoms with van der Waals surface area (Å²) in [6, 6.07) is 3.83. The van der Waals surface area contributed by atoms with Crippen molar-refractivity contribution in [3.05, 3.63) is 23.8 Å². The second-order valence-electron chi connectivity index (χ2n) is 4.10. The SMILES string of the molecule is Cc1ccc(NC(=O)C(C(F)(F)F)C(F)(F)F)c(N)c1. The van der Waals surface area contributed by atoms with Gasteiger partial charge in [-0.3, -0.25) is 4.79 Å². The Morgan fingerprint density at radius 1 is 1.15 bits per heavy atom. The quantitative estimate of drug-likeness (QED) is 0.650. The van der Waals surface area contributed by atoms with E-state index >= 15 is 0 Å². The third-order valence-corrected chi connectivity index (χ3v) is 2.38. The standard InChI is InChI=1S/C11H10F6N2O/c1-5-2-3-7(6(18)4-5)19-9(20)8(10(12,13)14)11(15,16)17/h2-4,8H,18H2,1H3,(H,19,20). The van der Waals surface area contributed by atoms with Gasteiger partial charge in [0.15, 0.2) is 0 Å². The summed E-state index contributed by atoms with van der Waals surface area (Å²) in [7, 11) is 0. The van der Waals surface area contributed by atoms with Gasteiger partial charge < -0.3 is 11.1 Å². The lowest BCUT2D eigenvalue weighted by molar-refractivity contribution is -0.272. The van der Waals surface area contributed by atoms with Crippen LogP contribution in [0.4, 0.5) is 37.7 Å². The van der Waals surface area contributed by atoms with E-state index in [1.54, 1.807) is 12.2 Å². The van der Waals surface area contributed by atoms with Crippen LogP contribution in [0.5, 0.6) is 0 Å². The van der Waals surface area contributed by atoms with Crippen LogP contribution in [0.2, 0.25) is 0 Å². The van der Waals surface area contributed by atoms with Gasteiger partial charge in [-0.2, -0.15) is 26.3 Å². The van der Waals surface area contributed by atoms with Crippen LogP contribution in [-0.2, 0) is 4.79 Å². The summed E-state index contributed by atoms with van der Waals surface area (Å²) in [6.45, 7) is 1.62. The molecule has 0 heterocycles. The molecule has 0 radical (unpaired) electrons. The number of amides is 1. The first-order valence-electron chi connectivity index (χ1n) is 5.23. The van der Waals surface area contributed by atoms with Crippen LogP contribution in [0.1, 0.15) is 5.56 Å². The number of aryl methyl sites for hydroxylation is 1. The molecule has 1 rings (SSSR count). The fourth-order valence-corrected chi connectivity index (χ4v) is 1.48. The third-order valence-electron chi connectivity index (χ3n) is 2.38. The highest BCUT2D eigenvalue weighted by atomic mass is 19.4. The number of nitrogen functional groups attached to an aromatic ring is 1. The van der Waals surface area contributed by atoms with Crippen LogP contribution >= 0.6 is 0 Å². The summed E-state index contributed by atoms with van der Waals surface area (Å²) >= 11 is 0. The number of anilines is 2. The van der Waals surface area contributed by atoms with E-state index in [9.17, 15) is 31.1 Å². The Labute approximate surface area is 109 Å². The minimum Gasteiger partial charge on any atom is -0.397 e. The molecule has 0 unspecified atom stereocenters. The molecule has 0 saturated carbocycles. The van der Waals surface area contributed by atoms with Crippen LogP contribution in [0.25, 0.3) is 0 Å². The third kappa shape index (κ3) is 3.78. The van der Waals surface area contributed by atoms with Gasteiger partial charge in [-0.25, -0.2) is 0 Å². The largest absolute Gasteiger partial charge is 0.409 e. The normalized spacial score (nSPS) is 12.6. The molecule has 1 aromatic rings. The summed E-state index contributed by atoms with van der Waals surface area (Å²) in [5.74, 6) is -6.32. The molecule has 0 aliphatic rings. The summed E-state index contributed by atoms with van der Waals surface area (Å²) in [5, 5.41) is 1.55. The number of carbonyl (C=O) groups is 1. The van der Waals surface area contributed by atoms with Crippen molar-refractivity contribution in [3.63, 3.8) is 0 Å². The number of rotatable bonds is 2. The number of benzene rings is 1. The van der Waals surface area contributed by atoms with Crippen molar-refractivity contribution in [1.29, 1.82) is 0 Å². The topological polar surface area (TPSA) is 55.1 Å². The zero-order valence-corrected chi connectivity index (χ0v) is 10.1. The van der Waals surface area contributed by atoms with Crippen LogP contribution in [0.15, 0.2) is 18.2 Å². The van der Waals surface area contributed by atoms with Crippen molar-refractivity contribution < 1.29 is 31.1 Å². The fraction of sp³-hybridized carbons (Fsp3) is 0.364. The Bertz CT molecular complexity index is 495. The van der Waals surface area contributed by atoms with Gasteiger partial charge in [0, 0.05) is 0 Å². The molecule has 1 amide bonds. The molecule has 0 spiro atoms. The van der Waals surface area contributed by atoms with E-state index in [2.05, 4.69) is 0 Å². The van der Waals surface area contributed by atoms with E-state index in [-0.39, 0.29) is 11.4 Å². The van der Waals surface area contributed by atoms with Crippen molar-refractivity contribution in [1.82, 2.24) is 0 Å². The first-order chi connectivity index (χ1) is 8.93. The van der Waals surface area contributed by atoms with Crippen molar-refractivity contribution >= 4 is 17.3 Å². The molecule has 0 bridgehead atoms. The van der Waals surface area contributed by atoms with Crippen molar-refractivity contribution in [3.8, 4) is 0 Å². The molecule has 0 atom stereocenters. The Balaban J connectivity index is 3.04. The monoisotopic (exact) mass is 300 g/mol. The van der Waals surface area contributed by atoms with Gasteiger partial charge in [0.25, 0.3) is 0 Å². The lowest BCUT2D eigenvalue weighted by atomic mass is 10.1. The summed E-state index contributed by atoms with van der Waals surface area (Å²) in [6.07, 6.45) is -11.5. The van der Waals surface area contributed by atoms with E-state index in [0.717, 1.165) is 6.07 Å². The van der Waals surface area contributed by atoms with E-state index in [1.165, 1.54) is 12.1 Å². The second kappa shape index (κ2) is 5.22. The van der Waals surface area contributed by atoms with Gasteiger partial charge in [-0.15, -0.1) is 0 Å². The zero-order chi connectivity index (χ0) is 15.7. The van der Waals surface area contributed by atoms with Crippen LogP contribution in [0, 0.1) is 12.8 Å². The predicted octanol–water partition coefficient (Wildman–Crippen LogP) is 3.26. The van der Waals surface area contributed by atoms with Crippen LogP contribution < -0.4 is 11.1 Å². The van der Waals surface area contributed by atoms with Crippen molar-refractivity contribution in [2.45, 2.75) is 19.3 Å². The smallest absolute Gasteiger partial charge is 0.397 e. The van der Waals surface area contributed by atoms with Gasteiger partial charge in [-0.1, -0.05) is 6.07 Å². The molecule has 0 saturated heterocycles. The van der Waals surface area contributed by atoms with E-state index in [4.69, 9.17) is 5.73 Å². The number of hydrogen-bond donors (Lipinski definition) is 2. The Kier molecular flexibility index (Phi) is 4.21. The lowest BCUT2D eigenvalue weighted by Crippen LogP contribution is -2.45. The Morgan fingerprint density at radius 2 is 1.65 bits per heavy atom. The maximum atomic E-state index is 12.3. The second-order valence-corrected chi connectivity index (χ2v) is 4.10. The number of alkyl halides is 6. The zero-order valence-electron chi connectivity index (χ0n) is 10.1. The van der Waals surface area contributed by atoms with E-state index < -0.39 is 24.2 Å². The minimum absolute atomic E-state index is 0.124. The molecule has 0 aliphatic carbocycles. The number of nitrogens with two attached hydrogens (primary N) is 1. The Hall–Kier alpha value is -1.93. The molecule has 1 aromatic carbocycles. The van der Waals surface area contributed by atoms with Gasteiger partial charge in [-0.05, 0) is 24.6 Å². The van der Waals surface area contributed by atoms with Gasteiger partial charge in [0.1, 0.15) is 0 Å². The summed E-state index contributed by atoms with van der Waals surface area (Å²) in [5.41, 5.74) is 5.62. The molecular formula is C11H10F6N2O. The Morgan fingerprint density at radius 3 is 2.05 bits per heavy atom. The molecule has 0 aromatic heterocycles. The number of nitrogens with one attached hydrogen (secondary N) is 1. The van der Waals surface area contributed by atoms with E-state index in [0.29, 0.717) is 5.56 Å². The maximum absolute atomic E-state index is 12.3. The van der Waals surface area contributed by atoms with Gasteiger partial charge >= 0.3 is 12.4 Å². The average Bonchev–Trinajstić information content (AvgIpc) is 2.17. The molecule has 20 heavy (non-hydrogen) atoms. The van der Waals surface area contributed by atoms with Gasteiger partial charge in [0.2, 0.25) is 11.8 Å². The molecule has 112 valence electrons. The number of carbonyl (C=O) groups excluding carboxylic acids is 1. The molecular weight excluding hydrogens is 290 g/mol. The van der Waals surface area contributed by atoms with E-state index in [1.807, 2.05) is 0 Å². The number of halogens is 6. The first kappa shape index (κ1) is 16.1. The van der Waals surface area contributed by atoms with Crippen LogP contribution in [0.3, 0.4) is 0 Å². The predicted molar refractivity (Wildman–Crippen MR) is 59.8 cm³/mol. The van der Waals surface area contributed by atoms with Crippen LogP contribution in [-0.4, -0.2) is 18.3 Å². The minimum atomic E-state index is -5.73. The molecule has 3 nitrogen and oxygen atoms in total. The van der Waals surface area contributed by atoms with Crippen molar-refractivity contribution in [2.24, 2.45) is 5.92 Å². The average molecular weight is 300 g/mol. The summed E-state index contributed by atoms with van der Waals surface area (Å²) < 4.78 is 73.9. The molecule has 0 aliphatic heterocycles. The molecule has 3 N–H and O–H groups in total. The highest BCUT2D eigenvalue weighted by molar-refractivity contribution is 5.96. The lowest BCUT2D eigenvalue weighted by Gasteiger charge is -2.22. The highest BCUT2D eigenvalue weighted by Gasteiger charge is 2.61. The highest BCUT2D eigenvalue weighted by Crippen LogP contribution is 2.40. The number of hydrogen-bond acceptors (Lipinski definition) is 2. The van der Waals surface area contributed by atoms with Gasteiger partial charge in [0.05, 0.1) is 11.4 Å².